The van der Waals surface area contributed by atoms with E-state index in [1.54, 1.807) is 12.1 Å². The number of likely N-dealkylation sites (tertiary alicyclic amines) is 1. The minimum Gasteiger partial charge on any atom is -0.462 e. The SMILES string of the molecule is CC(=O)O[C@@H]1CCC[C@H]1C(C#N)(c1ccccc1)C1CCN(CC2CN(c3ccc(S(C)(=O)=O)cc3)C2)CC1. The van der Waals surface area contributed by atoms with Crippen LogP contribution in [0.1, 0.15) is 44.6 Å². The van der Waals surface area contributed by atoms with Gasteiger partial charge in [-0.2, -0.15) is 5.26 Å². The van der Waals surface area contributed by atoms with E-state index in [2.05, 4.69) is 28.0 Å². The molecule has 2 aromatic rings. The van der Waals surface area contributed by atoms with E-state index < -0.39 is 15.3 Å². The van der Waals surface area contributed by atoms with Crippen LogP contribution in [0.25, 0.3) is 0 Å². The Labute approximate surface area is 232 Å². The molecule has 2 aliphatic heterocycles. The number of hydrogen-bond donors (Lipinski definition) is 0. The number of nitriles is 1. The molecule has 7 nitrogen and oxygen atoms in total. The number of ether oxygens (including phenoxy) is 1. The van der Waals surface area contributed by atoms with E-state index >= 15 is 0 Å². The van der Waals surface area contributed by atoms with Crippen LogP contribution in [0.4, 0.5) is 5.69 Å². The maximum absolute atomic E-state index is 11.9. The monoisotopic (exact) mass is 549 g/mol. The van der Waals surface area contributed by atoms with Crippen LogP contribution in [0.3, 0.4) is 0 Å². The quantitative estimate of drug-likeness (QED) is 0.450. The Morgan fingerprint density at radius 1 is 1.03 bits per heavy atom. The van der Waals surface area contributed by atoms with Gasteiger partial charge in [0.2, 0.25) is 0 Å². The summed E-state index contributed by atoms with van der Waals surface area (Å²) in [6.45, 7) is 6.37. The normalized spacial score (nSPS) is 24.5. The fourth-order valence-electron chi connectivity index (χ4n) is 7.24. The van der Waals surface area contributed by atoms with Crippen molar-refractivity contribution in [1.82, 2.24) is 4.90 Å². The van der Waals surface area contributed by atoms with Gasteiger partial charge in [-0.1, -0.05) is 30.3 Å². The van der Waals surface area contributed by atoms with E-state index in [0.29, 0.717) is 10.8 Å². The summed E-state index contributed by atoms with van der Waals surface area (Å²) in [7, 11) is -3.18. The molecule has 3 atom stereocenters. The standard InChI is InChI=1S/C31H39N3O4S/c1-23(35)38-30-10-6-9-29(30)31(22-32,25-7-4-3-5-8-25)26-15-17-33(18-16-26)19-24-20-34(21-24)27-11-13-28(14-12-27)39(2,36)37/h3-5,7-8,11-14,24,26,29-30H,6,9-10,15-21H2,1-2H3/t29-,30-,31?/m1/s1. The van der Waals surface area contributed by atoms with Gasteiger partial charge in [-0.3, -0.25) is 4.79 Å². The molecule has 0 radical (unpaired) electrons. The zero-order valence-electron chi connectivity index (χ0n) is 23.0. The van der Waals surface area contributed by atoms with Crippen molar-refractivity contribution in [2.45, 2.75) is 55.4 Å². The van der Waals surface area contributed by atoms with E-state index in [1.807, 2.05) is 30.3 Å². The van der Waals surface area contributed by atoms with Crippen LogP contribution in [0.5, 0.6) is 0 Å². The van der Waals surface area contributed by atoms with Crippen LogP contribution in [0, 0.1) is 29.1 Å². The van der Waals surface area contributed by atoms with E-state index in [-0.39, 0.29) is 23.9 Å². The van der Waals surface area contributed by atoms with Crippen molar-refractivity contribution in [1.29, 1.82) is 5.26 Å². The fourth-order valence-corrected chi connectivity index (χ4v) is 7.87. The van der Waals surface area contributed by atoms with Gasteiger partial charge in [0.15, 0.2) is 9.84 Å². The molecule has 1 saturated carbocycles. The highest BCUT2D eigenvalue weighted by molar-refractivity contribution is 7.90. The number of carbonyl (C=O) groups is 1. The summed E-state index contributed by atoms with van der Waals surface area (Å²) in [5.74, 6) is 0.546. The number of anilines is 1. The average molecular weight is 550 g/mol. The Hall–Kier alpha value is -2.89. The van der Waals surface area contributed by atoms with Gasteiger partial charge in [0.05, 0.1) is 16.4 Å². The number of sulfone groups is 1. The number of benzene rings is 2. The zero-order valence-corrected chi connectivity index (χ0v) is 23.8. The fraction of sp³-hybridized carbons (Fsp3) is 0.548. The topological polar surface area (TPSA) is 90.7 Å². The average Bonchev–Trinajstić information content (AvgIpc) is 3.35. The summed E-state index contributed by atoms with van der Waals surface area (Å²) < 4.78 is 29.2. The first-order valence-electron chi connectivity index (χ1n) is 14.1. The van der Waals surface area contributed by atoms with Crippen molar-refractivity contribution in [2.75, 3.05) is 43.9 Å². The molecule has 39 heavy (non-hydrogen) atoms. The molecular formula is C31H39N3O4S. The summed E-state index contributed by atoms with van der Waals surface area (Å²) in [4.78, 5) is 17.1. The number of piperidine rings is 1. The number of hydrogen-bond acceptors (Lipinski definition) is 7. The highest BCUT2D eigenvalue weighted by Crippen LogP contribution is 2.51. The van der Waals surface area contributed by atoms with Crippen LogP contribution in [-0.4, -0.2) is 64.4 Å². The highest BCUT2D eigenvalue weighted by Gasteiger charge is 2.53. The third-order valence-corrected chi connectivity index (χ3v) is 10.3. The van der Waals surface area contributed by atoms with Crippen molar-refractivity contribution < 1.29 is 17.9 Å². The molecule has 1 aliphatic carbocycles. The zero-order chi connectivity index (χ0) is 27.6. The smallest absolute Gasteiger partial charge is 0.302 e. The van der Waals surface area contributed by atoms with Gasteiger partial charge in [-0.05, 0) is 80.9 Å². The van der Waals surface area contributed by atoms with Gasteiger partial charge in [-0.25, -0.2) is 8.42 Å². The first-order valence-corrected chi connectivity index (χ1v) is 16.0. The lowest BCUT2D eigenvalue weighted by molar-refractivity contribution is -0.149. The predicted octanol–water partition coefficient (Wildman–Crippen LogP) is 4.43. The number of rotatable bonds is 8. The van der Waals surface area contributed by atoms with Gasteiger partial charge in [0.25, 0.3) is 0 Å². The third kappa shape index (κ3) is 5.71. The molecule has 0 amide bonds. The second-order valence-electron chi connectivity index (χ2n) is 11.6. The van der Waals surface area contributed by atoms with Crippen molar-refractivity contribution >= 4 is 21.5 Å². The van der Waals surface area contributed by atoms with Gasteiger partial charge in [0.1, 0.15) is 6.10 Å². The third-order valence-electron chi connectivity index (χ3n) is 9.13. The maximum atomic E-state index is 11.9. The molecule has 8 heteroatoms. The van der Waals surface area contributed by atoms with Crippen LogP contribution < -0.4 is 4.90 Å². The summed E-state index contributed by atoms with van der Waals surface area (Å²) in [6, 6.07) is 20.2. The van der Waals surface area contributed by atoms with E-state index in [0.717, 1.165) is 76.1 Å². The highest BCUT2D eigenvalue weighted by atomic mass is 32.2. The predicted molar refractivity (Wildman–Crippen MR) is 151 cm³/mol. The van der Waals surface area contributed by atoms with E-state index in [9.17, 15) is 18.5 Å². The van der Waals surface area contributed by atoms with Gasteiger partial charge >= 0.3 is 5.97 Å². The lowest BCUT2D eigenvalue weighted by atomic mass is 9.59. The second kappa shape index (κ2) is 11.3. The molecule has 1 unspecified atom stereocenters. The molecule has 2 aromatic carbocycles. The van der Waals surface area contributed by atoms with Crippen molar-refractivity contribution in [2.24, 2.45) is 17.8 Å². The number of carbonyl (C=O) groups excluding carboxylic acids is 1. The first-order chi connectivity index (χ1) is 18.7. The Morgan fingerprint density at radius 2 is 1.69 bits per heavy atom. The number of nitrogens with zero attached hydrogens (tertiary/aromatic N) is 3. The summed E-state index contributed by atoms with van der Waals surface area (Å²) in [6.07, 6.45) is 5.65. The van der Waals surface area contributed by atoms with Crippen LogP contribution in [0.2, 0.25) is 0 Å². The summed E-state index contributed by atoms with van der Waals surface area (Å²) in [5.41, 5.74) is 1.47. The largest absolute Gasteiger partial charge is 0.462 e. The Balaban J connectivity index is 1.22. The van der Waals surface area contributed by atoms with Gasteiger partial charge < -0.3 is 14.5 Å². The minimum atomic E-state index is -3.18. The Bertz CT molecular complexity index is 1290. The molecule has 3 aliphatic rings. The minimum absolute atomic E-state index is 0.0135. The lowest BCUT2D eigenvalue weighted by Crippen LogP contribution is -2.54. The second-order valence-corrected chi connectivity index (χ2v) is 13.7. The van der Waals surface area contributed by atoms with Crippen LogP contribution >= 0.6 is 0 Å². The van der Waals surface area contributed by atoms with Crippen LogP contribution in [0.15, 0.2) is 59.5 Å². The molecule has 3 fully saturated rings. The lowest BCUT2D eigenvalue weighted by Gasteiger charge is -2.48. The molecule has 0 aromatic heterocycles. The summed E-state index contributed by atoms with van der Waals surface area (Å²) >= 11 is 0. The van der Waals surface area contributed by atoms with Crippen molar-refractivity contribution in [3.63, 3.8) is 0 Å². The van der Waals surface area contributed by atoms with Gasteiger partial charge in [-0.15, -0.1) is 0 Å². The first kappa shape index (κ1) is 27.7. The van der Waals surface area contributed by atoms with Crippen molar-refractivity contribution in [3.8, 4) is 6.07 Å². The molecular weight excluding hydrogens is 510 g/mol. The maximum Gasteiger partial charge on any atom is 0.302 e. The van der Waals surface area contributed by atoms with E-state index in [1.165, 1.54) is 13.2 Å². The molecule has 208 valence electrons. The van der Waals surface area contributed by atoms with Crippen molar-refractivity contribution in [3.05, 3.63) is 60.2 Å². The summed E-state index contributed by atoms with van der Waals surface area (Å²) in [5, 5.41) is 10.8. The molecule has 5 rings (SSSR count). The molecule has 2 saturated heterocycles. The molecule has 0 spiro atoms. The number of esters is 1. The Kier molecular flexibility index (Phi) is 8.02. The molecule has 0 bridgehead atoms. The Morgan fingerprint density at radius 3 is 2.28 bits per heavy atom. The molecule has 2 heterocycles. The van der Waals surface area contributed by atoms with E-state index in [4.69, 9.17) is 4.74 Å². The molecule has 0 N–H and O–H groups in total. The van der Waals surface area contributed by atoms with Crippen LogP contribution in [-0.2, 0) is 24.8 Å². The van der Waals surface area contributed by atoms with Gasteiger partial charge in [0, 0.05) is 50.3 Å².